The molecule has 0 heterocycles. The van der Waals surface area contributed by atoms with Crippen molar-refractivity contribution in [2.45, 2.75) is 410 Å². The fourth-order valence-electron chi connectivity index (χ4n) is 21.9. The van der Waals surface area contributed by atoms with Crippen molar-refractivity contribution in [2.75, 3.05) is 0 Å². The first-order chi connectivity index (χ1) is 41.3. The summed E-state index contributed by atoms with van der Waals surface area (Å²) in [7, 11) is 0. The first kappa shape index (κ1) is 78.7. The molecule has 0 aromatic heterocycles. The molecular weight excluding hydrogens is 1060 g/mol. The molecule has 8 bridgehead atoms. The molecule has 0 heteroatoms. The number of fused-ring (bicyclic) bond motifs is 8. The zero-order valence-corrected chi connectivity index (χ0v) is 65.2. The summed E-state index contributed by atoms with van der Waals surface area (Å²) in [6, 6.07) is 0. The summed E-state index contributed by atoms with van der Waals surface area (Å²) in [5.74, 6) is 21.9. The predicted molar refractivity (Wildman–Crippen MR) is 396 cm³/mol. The third kappa shape index (κ3) is 23.7. The molecule has 14 rings (SSSR count). The molecule has 520 valence electrons. The van der Waals surface area contributed by atoms with Crippen molar-refractivity contribution in [1.82, 2.24) is 0 Å². The van der Waals surface area contributed by atoms with Crippen LogP contribution in [0.4, 0.5) is 0 Å². The lowest BCUT2D eigenvalue weighted by Crippen LogP contribution is -2.38. The van der Waals surface area contributed by atoms with E-state index in [1.807, 2.05) is 0 Å². The van der Waals surface area contributed by atoms with Gasteiger partial charge in [-0.3, -0.25) is 0 Å². The third-order valence-corrected chi connectivity index (χ3v) is 32.1. The maximum Gasteiger partial charge on any atom is -0.0297 e. The minimum atomic E-state index is 0.571. The summed E-state index contributed by atoms with van der Waals surface area (Å²) in [4.78, 5) is 0. The second-order valence-corrected chi connectivity index (χ2v) is 39.1. The Kier molecular flexibility index (Phi) is 33.0. The highest BCUT2D eigenvalue weighted by Gasteiger charge is 2.50. The summed E-state index contributed by atoms with van der Waals surface area (Å²) < 4.78 is 0. The normalized spacial score (nSPS) is 41.6. The second-order valence-electron chi connectivity index (χ2n) is 39.1. The zero-order chi connectivity index (χ0) is 65.2. The number of rotatable bonds is 2. The topological polar surface area (TPSA) is 0 Å². The molecule has 0 spiro atoms. The average Bonchev–Trinajstić information content (AvgIpc) is 3.53. The Labute approximate surface area is 557 Å². The Morgan fingerprint density at radius 2 is 0.761 bits per heavy atom. The molecule has 0 radical (unpaired) electrons. The summed E-state index contributed by atoms with van der Waals surface area (Å²) >= 11 is 0. The van der Waals surface area contributed by atoms with Gasteiger partial charge in [-0.05, 0) is 254 Å². The first-order valence-electron chi connectivity index (χ1n) is 41.3. The lowest BCUT2D eigenvalue weighted by molar-refractivity contribution is 0.0286. The molecule has 14 saturated carbocycles. The van der Waals surface area contributed by atoms with E-state index < -0.39 is 0 Å². The molecular formula is C88H168. The van der Waals surface area contributed by atoms with Gasteiger partial charge in [0.2, 0.25) is 0 Å². The van der Waals surface area contributed by atoms with Gasteiger partial charge in [0.05, 0.1) is 0 Å². The molecule has 0 aromatic carbocycles. The molecule has 0 saturated heterocycles. The fraction of sp³-hybridized carbons (Fsp3) is 1.00. The van der Waals surface area contributed by atoms with Crippen LogP contribution < -0.4 is 0 Å². The molecule has 0 N–H and O–H groups in total. The largest absolute Gasteiger partial charge is 0.0651 e. The molecule has 0 aromatic rings. The Balaban J connectivity index is 0.000000178. The first-order valence-corrected chi connectivity index (χ1v) is 41.3. The van der Waals surface area contributed by atoms with E-state index in [0.29, 0.717) is 21.7 Å². The maximum atomic E-state index is 2.48. The highest BCUT2D eigenvalue weighted by atomic mass is 14.6. The summed E-state index contributed by atoms with van der Waals surface area (Å²) in [6.45, 7) is 55.4. The van der Waals surface area contributed by atoms with Gasteiger partial charge in [-0.2, -0.15) is 0 Å². The van der Waals surface area contributed by atoms with Crippen LogP contribution in [0.1, 0.15) is 410 Å². The summed E-state index contributed by atoms with van der Waals surface area (Å²) in [6.07, 6.45) is 58.2. The van der Waals surface area contributed by atoms with Crippen LogP contribution in [0.25, 0.3) is 0 Å². The zero-order valence-electron chi connectivity index (χ0n) is 65.2. The third-order valence-electron chi connectivity index (χ3n) is 32.1. The Bertz CT molecular complexity index is 1770. The van der Waals surface area contributed by atoms with Crippen molar-refractivity contribution < 1.29 is 0 Å². The van der Waals surface area contributed by atoms with Gasteiger partial charge in [-0.25, -0.2) is 0 Å². The van der Waals surface area contributed by atoms with Crippen LogP contribution in [0, 0.1) is 151 Å². The van der Waals surface area contributed by atoms with Gasteiger partial charge in [0.25, 0.3) is 0 Å². The molecule has 18 atom stereocenters. The van der Waals surface area contributed by atoms with Gasteiger partial charge in [-0.1, -0.05) is 307 Å². The monoisotopic (exact) mass is 1230 g/mol. The fourth-order valence-corrected chi connectivity index (χ4v) is 21.9. The molecule has 0 amide bonds. The van der Waals surface area contributed by atoms with Gasteiger partial charge in [0, 0.05) is 0 Å². The van der Waals surface area contributed by atoms with E-state index in [2.05, 4.69) is 159 Å². The lowest BCUT2D eigenvalue weighted by Gasteiger charge is -2.47. The molecule has 0 nitrogen and oxygen atoms in total. The van der Waals surface area contributed by atoms with Crippen LogP contribution >= 0.6 is 0 Å². The molecule has 14 aliphatic carbocycles. The number of hydrogen-bond donors (Lipinski definition) is 0. The molecule has 14 aliphatic rings. The van der Waals surface area contributed by atoms with Crippen LogP contribution in [0.3, 0.4) is 0 Å². The van der Waals surface area contributed by atoms with E-state index >= 15 is 0 Å². The van der Waals surface area contributed by atoms with E-state index in [4.69, 9.17) is 0 Å². The van der Waals surface area contributed by atoms with Gasteiger partial charge >= 0.3 is 0 Å². The van der Waals surface area contributed by atoms with Crippen molar-refractivity contribution in [3.8, 4) is 0 Å². The minimum absolute atomic E-state index is 0.571. The van der Waals surface area contributed by atoms with Crippen LogP contribution in [0.2, 0.25) is 0 Å². The SMILES string of the molecule is CC1C(C)(C)CCCC1(C)C.CC1C2CCC(C2)[C@H]1C.CC1CCCC(C)C1C.CC1CCCC[C@H]1C.CCC1CCCC1.CCC1CCCCC1.C[C@@H]1C2CCC(C2)C1(C)C.C[C@@H]1CCCCC1(C)C.C[C@H]1CC2CCC1(C)C2.C[C@H]1CC2CCC1C2. The highest BCUT2D eigenvalue weighted by molar-refractivity contribution is 5.00. The van der Waals surface area contributed by atoms with Crippen molar-refractivity contribution >= 4 is 0 Å². The smallest absolute Gasteiger partial charge is 0.0297 e. The predicted octanol–water partition coefficient (Wildman–Crippen LogP) is 29.6. The standard InChI is InChI=1S/C11H22.C10H18.2C9H16.2C9H18.C8H14.2C8H16.C7H14/c1-9-10(2,3)7-6-8-11(9,4)5;1-7-8-4-5-9(6-8)10(7,2)3;1-7-5-8-3-4-9(7,2)6-8;1-6-7(2)9-4-3-8(6)5-9;1-8-6-4-5-7-9(8,2)3;1-7-5-4-6-8(2)9(7)3;1-6-4-7-2-3-8(6)5-7;1-7-5-3-4-6-8(7)2;1-2-8-6-4-3-5-7-8;1-2-7-5-3-4-6-7/h9H,6-8H2,1-5H3;7-9H,4-6H2,1-3H3;7-8H,3-6H2,1-2H3;6-9H,3-5H2,1-2H3;8H,4-7H2,1-3H3;7-9H,4-6H2,1-3H3;6-8H,2-5H2,1H3;7-8H,3-6H2,1-2H3;8H,2-7H2,1H3;7H,2-6H2,1H3/t;2*7-,8?,9?;6-,7?,8?,9?;8-;;6-,7?,8?;7-,8?;;/m.1001.01../s1. The second kappa shape index (κ2) is 36.9. The summed E-state index contributed by atoms with van der Waals surface area (Å²) in [5.41, 5.74) is 3.22. The highest BCUT2D eigenvalue weighted by Crippen LogP contribution is 2.60. The van der Waals surface area contributed by atoms with E-state index in [1.54, 1.807) is 32.1 Å². The van der Waals surface area contributed by atoms with E-state index in [9.17, 15) is 0 Å². The van der Waals surface area contributed by atoms with Crippen molar-refractivity contribution in [3.63, 3.8) is 0 Å². The van der Waals surface area contributed by atoms with Crippen LogP contribution in [-0.4, -0.2) is 0 Å². The van der Waals surface area contributed by atoms with Gasteiger partial charge in [0.1, 0.15) is 0 Å². The van der Waals surface area contributed by atoms with Gasteiger partial charge in [0.15, 0.2) is 0 Å². The van der Waals surface area contributed by atoms with Crippen molar-refractivity contribution in [2.24, 2.45) is 151 Å². The molecule has 14 fully saturated rings. The van der Waals surface area contributed by atoms with Crippen molar-refractivity contribution in [3.05, 3.63) is 0 Å². The molecule has 88 heavy (non-hydrogen) atoms. The van der Waals surface area contributed by atoms with E-state index in [0.717, 1.165) is 130 Å². The van der Waals surface area contributed by atoms with E-state index in [1.165, 1.54) is 218 Å². The molecule has 0 aliphatic heterocycles. The van der Waals surface area contributed by atoms with Crippen LogP contribution in [0.5, 0.6) is 0 Å². The maximum absolute atomic E-state index is 2.48. The summed E-state index contributed by atoms with van der Waals surface area (Å²) in [5, 5.41) is 0. The van der Waals surface area contributed by atoms with E-state index in [-0.39, 0.29) is 0 Å². The van der Waals surface area contributed by atoms with Crippen LogP contribution in [0.15, 0.2) is 0 Å². The quantitative estimate of drug-likeness (QED) is 0.259. The molecule has 12 unspecified atom stereocenters. The van der Waals surface area contributed by atoms with Crippen molar-refractivity contribution in [1.29, 1.82) is 0 Å². The Morgan fingerprint density at radius 3 is 1.03 bits per heavy atom. The minimum Gasteiger partial charge on any atom is -0.0651 e. The Morgan fingerprint density at radius 1 is 0.295 bits per heavy atom. The van der Waals surface area contributed by atoms with Gasteiger partial charge in [-0.15, -0.1) is 0 Å². The van der Waals surface area contributed by atoms with Crippen LogP contribution in [-0.2, 0) is 0 Å². The van der Waals surface area contributed by atoms with Gasteiger partial charge < -0.3 is 0 Å². The number of hydrogen-bond acceptors (Lipinski definition) is 0. The Hall–Kier alpha value is 0. The lowest BCUT2D eigenvalue weighted by atomic mass is 9.58. The average molecular weight is 1230 g/mol.